The van der Waals surface area contributed by atoms with E-state index in [-0.39, 0.29) is 5.56 Å². The summed E-state index contributed by atoms with van der Waals surface area (Å²) in [7, 11) is 4.10. The number of nitrogens with one attached hydrogen (secondary N) is 1. The van der Waals surface area contributed by atoms with Crippen LogP contribution in [0.5, 0.6) is 5.75 Å². The van der Waals surface area contributed by atoms with Crippen LogP contribution in [0.25, 0.3) is 0 Å². The molecule has 0 aliphatic carbocycles. The van der Waals surface area contributed by atoms with Crippen molar-refractivity contribution in [3.8, 4) is 5.75 Å². The zero-order valence-corrected chi connectivity index (χ0v) is 13.3. The van der Waals surface area contributed by atoms with Gasteiger partial charge in [-0.1, -0.05) is 26.0 Å². The summed E-state index contributed by atoms with van der Waals surface area (Å²) in [5.41, 5.74) is 0.200. The molecule has 0 bridgehead atoms. The largest absolute Gasteiger partial charge is 0.491 e. The standard InChI is InChI=1S/C16H26N2O3/c1-12(2)14(11-18(3)4)17-9-10-21-15-8-6-5-7-13(15)16(19)20/h5-8,12,14,17H,9-11H2,1-4H3,(H,19,20). The van der Waals surface area contributed by atoms with E-state index in [9.17, 15) is 4.79 Å². The van der Waals surface area contributed by atoms with E-state index in [1.807, 2.05) is 0 Å². The maximum atomic E-state index is 11.1. The van der Waals surface area contributed by atoms with Crippen LogP contribution in [0.4, 0.5) is 0 Å². The molecule has 0 spiro atoms. The number of para-hydroxylation sites is 1. The van der Waals surface area contributed by atoms with Crippen LogP contribution < -0.4 is 10.1 Å². The van der Waals surface area contributed by atoms with Crippen LogP contribution in [-0.4, -0.2) is 55.8 Å². The molecule has 0 heterocycles. The summed E-state index contributed by atoms with van der Waals surface area (Å²) in [4.78, 5) is 13.2. The first kappa shape index (κ1) is 17.5. The smallest absolute Gasteiger partial charge is 0.339 e. The number of carboxylic acid groups (broad SMARTS) is 1. The van der Waals surface area contributed by atoms with Crippen LogP contribution in [0.3, 0.4) is 0 Å². The maximum Gasteiger partial charge on any atom is 0.339 e. The number of nitrogens with zero attached hydrogens (tertiary/aromatic N) is 1. The average molecular weight is 294 g/mol. The summed E-state index contributed by atoms with van der Waals surface area (Å²) in [5.74, 6) is -0.0227. The first-order valence-electron chi connectivity index (χ1n) is 7.25. The summed E-state index contributed by atoms with van der Waals surface area (Å²) in [6.45, 7) is 6.46. The quantitative estimate of drug-likeness (QED) is 0.682. The van der Waals surface area contributed by atoms with Gasteiger partial charge in [0.1, 0.15) is 17.9 Å². The molecule has 1 rings (SSSR count). The molecule has 0 aliphatic rings. The summed E-state index contributed by atoms with van der Waals surface area (Å²) in [5, 5.41) is 12.5. The van der Waals surface area contributed by atoms with E-state index in [1.165, 1.54) is 0 Å². The molecule has 5 heteroatoms. The Balaban J connectivity index is 2.45. The van der Waals surface area contributed by atoms with E-state index >= 15 is 0 Å². The number of hydrogen-bond acceptors (Lipinski definition) is 4. The molecule has 0 saturated heterocycles. The molecule has 1 atom stereocenters. The highest BCUT2D eigenvalue weighted by atomic mass is 16.5. The van der Waals surface area contributed by atoms with Crippen molar-refractivity contribution in [1.82, 2.24) is 10.2 Å². The number of hydrogen-bond donors (Lipinski definition) is 2. The Morgan fingerprint density at radius 1 is 1.33 bits per heavy atom. The predicted molar refractivity (Wildman–Crippen MR) is 84.1 cm³/mol. The molecular weight excluding hydrogens is 268 g/mol. The highest BCUT2D eigenvalue weighted by Crippen LogP contribution is 2.17. The first-order valence-corrected chi connectivity index (χ1v) is 7.25. The number of aromatic carboxylic acids is 1. The highest BCUT2D eigenvalue weighted by Gasteiger charge is 2.14. The molecule has 1 aromatic carbocycles. The van der Waals surface area contributed by atoms with Crippen LogP contribution in [0.1, 0.15) is 24.2 Å². The molecule has 0 aromatic heterocycles. The van der Waals surface area contributed by atoms with Gasteiger partial charge >= 0.3 is 5.97 Å². The highest BCUT2D eigenvalue weighted by molar-refractivity contribution is 5.90. The van der Waals surface area contributed by atoms with Crippen molar-refractivity contribution in [1.29, 1.82) is 0 Å². The van der Waals surface area contributed by atoms with Crippen molar-refractivity contribution in [2.75, 3.05) is 33.8 Å². The monoisotopic (exact) mass is 294 g/mol. The topological polar surface area (TPSA) is 61.8 Å². The minimum atomic E-state index is -0.966. The molecule has 2 N–H and O–H groups in total. The molecule has 0 fully saturated rings. The third kappa shape index (κ3) is 6.14. The normalized spacial score (nSPS) is 12.7. The molecule has 0 radical (unpaired) electrons. The molecule has 118 valence electrons. The van der Waals surface area contributed by atoms with Crippen LogP contribution in [0, 0.1) is 5.92 Å². The van der Waals surface area contributed by atoms with Crippen molar-refractivity contribution >= 4 is 5.97 Å². The zero-order valence-electron chi connectivity index (χ0n) is 13.3. The summed E-state index contributed by atoms with van der Waals surface area (Å²) in [6.07, 6.45) is 0. The lowest BCUT2D eigenvalue weighted by Crippen LogP contribution is -2.43. The van der Waals surface area contributed by atoms with Crippen molar-refractivity contribution in [2.45, 2.75) is 19.9 Å². The van der Waals surface area contributed by atoms with Gasteiger partial charge in [0, 0.05) is 19.1 Å². The fourth-order valence-corrected chi connectivity index (χ4v) is 2.08. The van der Waals surface area contributed by atoms with E-state index in [1.54, 1.807) is 24.3 Å². The number of carbonyl (C=O) groups is 1. The Bertz CT molecular complexity index is 447. The van der Waals surface area contributed by atoms with Crippen molar-refractivity contribution in [2.24, 2.45) is 5.92 Å². The molecule has 0 aliphatic heterocycles. The fraction of sp³-hybridized carbons (Fsp3) is 0.562. The molecule has 5 nitrogen and oxygen atoms in total. The fourth-order valence-electron chi connectivity index (χ4n) is 2.08. The van der Waals surface area contributed by atoms with E-state index in [2.05, 4.69) is 38.2 Å². The van der Waals surface area contributed by atoms with Crippen LogP contribution in [0.2, 0.25) is 0 Å². The Kier molecular flexibility index (Phi) is 7.19. The van der Waals surface area contributed by atoms with E-state index < -0.39 is 5.97 Å². The van der Waals surface area contributed by atoms with Crippen molar-refractivity contribution in [3.63, 3.8) is 0 Å². The average Bonchev–Trinajstić information content (AvgIpc) is 2.41. The predicted octanol–water partition coefficient (Wildman–Crippen LogP) is 1.94. The lowest BCUT2D eigenvalue weighted by Gasteiger charge is -2.25. The van der Waals surface area contributed by atoms with Gasteiger partial charge < -0.3 is 20.1 Å². The molecule has 0 saturated carbocycles. The van der Waals surface area contributed by atoms with E-state index in [4.69, 9.17) is 9.84 Å². The van der Waals surface area contributed by atoms with Gasteiger partial charge in [-0.05, 0) is 32.1 Å². The third-order valence-electron chi connectivity index (χ3n) is 3.25. The summed E-state index contributed by atoms with van der Waals surface area (Å²) < 4.78 is 5.58. The van der Waals surface area contributed by atoms with Gasteiger partial charge in [0.25, 0.3) is 0 Å². The number of ether oxygens (including phenoxy) is 1. The number of likely N-dealkylation sites (N-methyl/N-ethyl adjacent to an activating group) is 1. The minimum Gasteiger partial charge on any atom is -0.491 e. The van der Waals surface area contributed by atoms with Crippen molar-refractivity contribution in [3.05, 3.63) is 29.8 Å². The van der Waals surface area contributed by atoms with Crippen LogP contribution >= 0.6 is 0 Å². The molecular formula is C16H26N2O3. The van der Waals surface area contributed by atoms with Gasteiger partial charge in [0.05, 0.1) is 0 Å². The van der Waals surface area contributed by atoms with Crippen molar-refractivity contribution < 1.29 is 14.6 Å². The van der Waals surface area contributed by atoms with Gasteiger partial charge in [-0.2, -0.15) is 0 Å². The Labute approximate surface area is 126 Å². The zero-order chi connectivity index (χ0) is 15.8. The number of rotatable bonds is 9. The lowest BCUT2D eigenvalue weighted by molar-refractivity contribution is 0.0692. The second-order valence-electron chi connectivity index (χ2n) is 5.72. The van der Waals surface area contributed by atoms with E-state index in [0.29, 0.717) is 30.9 Å². The molecule has 1 aromatic rings. The number of carboxylic acids is 1. The molecule has 21 heavy (non-hydrogen) atoms. The maximum absolute atomic E-state index is 11.1. The van der Waals surface area contributed by atoms with Gasteiger partial charge in [-0.3, -0.25) is 0 Å². The van der Waals surface area contributed by atoms with Gasteiger partial charge in [0.15, 0.2) is 0 Å². The second kappa shape index (κ2) is 8.64. The van der Waals surface area contributed by atoms with Crippen LogP contribution in [0.15, 0.2) is 24.3 Å². The number of benzene rings is 1. The van der Waals surface area contributed by atoms with Gasteiger partial charge in [-0.15, -0.1) is 0 Å². The van der Waals surface area contributed by atoms with E-state index in [0.717, 1.165) is 6.54 Å². The minimum absolute atomic E-state index is 0.200. The molecule has 0 amide bonds. The Morgan fingerprint density at radius 2 is 2.00 bits per heavy atom. The Morgan fingerprint density at radius 3 is 2.57 bits per heavy atom. The summed E-state index contributed by atoms with van der Waals surface area (Å²) in [6, 6.07) is 7.09. The Hall–Kier alpha value is -1.59. The lowest BCUT2D eigenvalue weighted by atomic mass is 10.0. The van der Waals surface area contributed by atoms with Gasteiger partial charge in [-0.25, -0.2) is 4.79 Å². The third-order valence-corrected chi connectivity index (χ3v) is 3.25. The first-order chi connectivity index (χ1) is 9.91. The van der Waals surface area contributed by atoms with Gasteiger partial charge in [0.2, 0.25) is 0 Å². The summed E-state index contributed by atoms with van der Waals surface area (Å²) >= 11 is 0. The molecule has 1 unspecified atom stereocenters. The van der Waals surface area contributed by atoms with Crippen LogP contribution in [-0.2, 0) is 0 Å². The second-order valence-corrected chi connectivity index (χ2v) is 5.72. The SMILES string of the molecule is CC(C)C(CN(C)C)NCCOc1ccccc1C(=O)O.